The SMILES string of the molecule is CN1C(=O)C(NC(=O)c2nnc(Cc3ccccc3)[nH]2)COc2ccc(Br)cc21. The molecular formula is C20H18BrN5O3. The summed E-state index contributed by atoms with van der Waals surface area (Å²) < 4.78 is 6.56. The summed E-state index contributed by atoms with van der Waals surface area (Å²) in [6, 6.07) is 14.3. The number of hydrogen-bond donors (Lipinski definition) is 2. The van der Waals surface area contributed by atoms with Gasteiger partial charge in [-0.3, -0.25) is 9.59 Å². The van der Waals surface area contributed by atoms with Gasteiger partial charge < -0.3 is 19.9 Å². The van der Waals surface area contributed by atoms with Gasteiger partial charge in [0.05, 0.1) is 5.69 Å². The van der Waals surface area contributed by atoms with Gasteiger partial charge in [-0.05, 0) is 23.8 Å². The molecule has 0 radical (unpaired) electrons. The molecule has 1 atom stereocenters. The molecular weight excluding hydrogens is 438 g/mol. The quantitative estimate of drug-likeness (QED) is 0.628. The minimum Gasteiger partial charge on any atom is -0.489 e. The first-order chi connectivity index (χ1) is 14.0. The summed E-state index contributed by atoms with van der Waals surface area (Å²) in [4.78, 5) is 29.8. The van der Waals surface area contributed by atoms with Gasteiger partial charge in [0.25, 0.3) is 11.8 Å². The fourth-order valence-corrected chi connectivity index (χ4v) is 3.42. The van der Waals surface area contributed by atoms with Gasteiger partial charge in [0.2, 0.25) is 5.82 Å². The van der Waals surface area contributed by atoms with Crippen molar-refractivity contribution in [3.8, 4) is 5.75 Å². The molecule has 0 aliphatic carbocycles. The number of aromatic amines is 1. The second kappa shape index (κ2) is 8.04. The Balaban J connectivity index is 1.45. The van der Waals surface area contributed by atoms with E-state index in [0.717, 1.165) is 10.0 Å². The number of benzene rings is 2. The molecule has 2 N–H and O–H groups in total. The van der Waals surface area contributed by atoms with E-state index >= 15 is 0 Å². The number of rotatable bonds is 4. The highest BCUT2D eigenvalue weighted by molar-refractivity contribution is 9.10. The van der Waals surface area contributed by atoms with Gasteiger partial charge in [0.15, 0.2) is 0 Å². The van der Waals surface area contributed by atoms with E-state index in [9.17, 15) is 9.59 Å². The number of amides is 2. The summed E-state index contributed by atoms with van der Waals surface area (Å²) in [5.41, 5.74) is 1.68. The van der Waals surface area contributed by atoms with Crippen LogP contribution in [0.5, 0.6) is 5.75 Å². The minimum atomic E-state index is -0.846. The van der Waals surface area contributed by atoms with Crippen molar-refractivity contribution in [1.82, 2.24) is 20.5 Å². The molecule has 0 saturated carbocycles. The van der Waals surface area contributed by atoms with Crippen molar-refractivity contribution >= 4 is 33.4 Å². The van der Waals surface area contributed by atoms with E-state index in [0.29, 0.717) is 23.7 Å². The Morgan fingerprint density at radius 1 is 1.28 bits per heavy atom. The lowest BCUT2D eigenvalue weighted by molar-refractivity contribution is -0.120. The van der Waals surface area contributed by atoms with Gasteiger partial charge >= 0.3 is 0 Å². The maximum atomic E-state index is 12.8. The summed E-state index contributed by atoms with van der Waals surface area (Å²) in [5, 5.41) is 10.6. The molecule has 4 rings (SSSR count). The lowest BCUT2D eigenvalue weighted by atomic mass is 10.1. The lowest BCUT2D eigenvalue weighted by Crippen LogP contribution is -2.49. The lowest BCUT2D eigenvalue weighted by Gasteiger charge is -2.20. The van der Waals surface area contributed by atoms with Gasteiger partial charge in [-0.15, -0.1) is 10.2 Å². The van der Waals surface area contributed by atoms with E-state index in [2.05, 4.69) is 36.4 Å². The predicted molar refractivity (Wildman–Crippen MR) is 110 cm³/mol. The molecule has 1 aromatic heterocycles. The van der Waals surface area contributed by atoms with Crippen LogP contribution in [-0.2, 0) is 11.2 Å². The molecule has 8 nitrogen and oxygen atoms in total. The second-order valence-corrected chi connectivity index (χ2v) is 7.54. The molecule has 2 amide bonds. The van der Waals surface area contributed by atoms with Gasteiger partial charge in [0.1, 0.15) is 24.2 Å². The van der Waals surface area contributed by atoms with E-state index in [1.54, 1.807) is 19.2 Å². The van der Waals surface area contributed by atoms with Crippen LogP contribution < -0.4 is 15.0 Å². The van der Waals surface area contributed by atoms with Crippen LogP contribution in [0.4, 0.5) is 5.69 Å². The molecule has 9 heteroatoms. The van der Waals surface area contributed by atoms with Crippen LogP contribution in [-0.4, -0.2) is 46.7 Å². The van der Waals surface area contributed by atoms with E-state index in [1.807, 2.05) is 36.4 Å². The van der Waals surface area contributed by atoms with Crippen LogP contribution in [0.1, 0.15) is 22.0 Å². The van der Waals surface area contributed by atoms with Gasteiger partial charge in [-0.2, -0.15) is 0 Å². The second-order valence-electron chi connectivity index (χ2n) is 6.63. The third-order valence-corrected chi connectivity index (χ3v) is 5.08. The van der Waals surface area contributed by atoms with Crippen LogP contribution in [0.3, 0.4) is 0 Å². The summed E-state index contributed by atoms with van der Waals surface area (Å²) in [7, 11) is 1.65. The maximum Gasteiger partial charge on any atom is 0.289 e. The van der Waals surface area contributed by atoms with Gasteiger partial charge in [0, 0.05) is 17.9 Å². The first-order valence-electron chi connectivity index (χ1n) is 8.97. The van der Waals surface area contributed by atoms with Crippen LogP contribution >= 0.6 is 15.9 Å². The average molecular weight is 456 g/mol. The molecule has 0 bridgehead atoms. The Hall–Kier alpha value is -3.20. The number of ether oxygens (including phenoxy) is 1. The number of nitrogens with zero attached hydrogens (tertiary/aromatic N) is 3. The number of aromatic nitrogens is 3. The zero-order valence-corrected chi connectivity index (χ0v) is 17.1. The van der Waals surface area contributed by atoms with Gasteiger partial charge in [-0.1, -0.05) is 46.3 Å². The van der Waals surface area contributed by atoms with Gasteiger partial charge in [-0.25, -0.2) is 0 Å². The number of hydrogen-bond acceptors (Lipinski definition) is 5. The summed E-state index contributed by atoms with van der Waals surface area (Å²) in [6.45, 7) is 0.0224. The first kappa shape index (κ1) is 19.1. The van der Waals surface area contributed by atoms with E-state index < -0.39 is 11.9 Å². The number of nitrogens with one attached hydrogen (secondary N) is 2. The standard InChI is InChI=1S/C20H18BrN5O3/c1-26-15-10-13(21)7-8-16(15)29-11-14(20(26)28)22-19(27)18-23-17(24-25-18)9-12-5-3-2-4-6-12/h2-8,10,14H,9,11H2,1H3,(H,22,27)(H,23,24,25). The van der Waals surface area contributed by atoms with Crippen molar-refractivity contribution < 1.29 is 14.3 Å². The van der Waals surface area contributed by atoms with Crippen LogP contribution in [0.2, 0.25) is 0 Å². The number of halogens is 1. The zero-order chi connectivity index (χ0) is 20.4. The van der Waals surface area contributed by atoms with E-state index in [4.69, 9.17) is 4.74 Å². The summed E-state index contributed by atoms with van der Waals surface area (Å²) in [6.07, 6.45) is 0.527. The number of anilines is 1. The Morgan fingerprint density at radius 3 is 2.86 bits per heavy atom. The number of carbonyl (C=O) groups excluding carboxylic acids is 2. The third kappa shape index (κ3) is 4.14. The smallest absolute Gasteiger partial charge is 0.289 e. The highest BCUT2D eigenvalue weighted by Crippen LogP contribution is 2.33. The molecule has 0 saturated heterocycles. The molecule has 2 heterocycles. The van der Waals surface area contributed by atoms with E-state index in [-0.39, 0.29) is 18.3 Å². The minimum absolute atomic E-state index is 0.0224. The topological polar surface area (TPSA) is 100 Å². The molecule has 29 heavy (non-hydrogen) atoms. The Kier molecular flexibility index (Phi) is 5.30. The largest absolute Gasteiger partial charge is 0.489 e. The van der Waals surface area contributed by atoms with Crippen LogP contribution in [0, 0.1) is 0 Å². The maximum absolute atomic E-state index is 12.8. The van der Waals surface area contributed by atoms with E-state index in [1.165, 1.54) is 4.90 Å². The highest BCUT2D eigenvalue weighted by atomic mass is 79.9. The third-order valence-electron chi connectivity index (χ3n) is 4.58. The number of likely N-dealkylation sites (N-methyl/N-ethyl adjacent to an activating group) is 1. The normalized spacial score (nSPS) is 16.0. The molecule has 0 spiro atoms. The summed E-state index contributed by atoms with van der Waals surface area (Å²) >= 11 is 3.39. The van der Waals surface area contributed by atoms with Crippen molar-refractivity contribution in [1.29, 1.82) is 0 Å². The molecule has 0 fully saturated rings. The fraction of sp³-hybridized carbons (Fsp3) is 0.200. The highest BCUT2D eigenvalue weighted by Gasteiger charge is 2.31. The van der Waals surface area contributed by atoms with Crippen molar-refractivity contribution in [2.45, 2.75) is 12.5 Å². The molecule has 2 aromatic carbocycles. The molecule has 148 valence electrons. The Bertz CT molecular complexity index is 1050. The Labute approximate surface area is 175 Å². The van der Waals surface area contributed by atoms with Crippen molar-refractivity contribution in [2.24, 2.45) is 0 Å². The van der Waals surface area contributed by atoms with Crippen LogP contribution in [0.25, 0.3) is 0 Å². The average Bonchev–Trinajstić information content (AvgIpc) is 3.16. The molecule has 1 aliphatic rings. The number of H-pyrrole nitrogens is 1. The number of carbonyl (C=O) groups is 2. The fourth-order valence-electron chi connectivity index (χ4n) is 3.07. The molecule has 3 aromatic rings. The Morgan fingerprint density at radius 2 is 2.07 bits per heavy atom. The van der Waals surface area contributed by atoms with Crippen molar-refractivity contribution in [3.05, 3.63) is 70.2 Å². The first-order valence-corrected chi connectivity index (χ1v) is 9.77. The van der Waals surface area contributed by atoms with Crippen molar-refractivity contribution in [3.63, 3.8) is 0 Å². The molecule has 1 unspecified atom stereocenters. The molecule has 1 aliphatic heterocycles. The number of fused-ring (bicyclic) bond motifs is 1. The van der Waals surface area contributed by atoms with Crippen LogP contribution in [0.15, 0.2) is 53.0 Å². The predicted octanol–water partition coefficient (Wildman–Crippen LogP) is 2.31. The zero-order valence-electron chi connectivity index (χ0n) is 15.6. The summed E-state index contributed by atoms with van der Waals surface area (Å²) in [5.74, 6) is 0.402. The monoisotopic (exact) mass is 455 g/mol. The van der Waals surface area contributed by atoms with Crippen molar-refractivity contribution in [2.75, 3.05) is 18.6 Å².